The van der Waals surface area contributed by atoms with Gasteiger partial charge in [-0.1, -0.05) is 36.1 Å². The van der Waals surface area contributed by atoms with Crippen LogP contribution in [0.2, 0.25) is 0 Å². The van der Waals surface area contributed by atoms with E-state index in [-0.39, 0.29) is 0 Å². The average molecular weight is 445 g/mol. The Kier molecular flexibility index (Phi) is 8.07. The number of hydrogen-bond acceptors (Lipinski definition) is 4. The van der Waals surface area contributed by atoms with E-state index in [1.165, 1.54) is 0 Å². The summed E-state index contributed by atoms with van der Waals surface area (Å²) in [5.41, 5.74) is 4.59. The summed E-state index contributed by atoms with van der Waals surface area (Å²) in [6, 6.07) is 15.9. The molecule has 1 atom stereocenters. The first-order valence-corrected chi connectivity index (χ1v) is 11.5. The fourth-order valence-corrected chi connectivity index (χ4v) is 3.70. The minimum absolute atomic E-state index is 0.358. The lowest BCUT2D eigenvalue weighted by Gasteiger charge is -2.17. The zero-order chi connectivity index (χ0) is 22.9. The molecule has 0 aliphatic rings. The second-order valence-corrected chi connectivity index (χ2v) is 8.20. The number of hydrogen-bond donors (Lipinski definition) is 2. The van der Waals surface area contributed by atoms with E-state index in [0.717, 1.165) is 22.3 Å². The molecule has 0 bridgehead atoms. The zero-order valence-electron chi connectivity index (χ0n) is 18.0. The minimum Gasteiger partial charge on any atom is -0.480 e. The van der Waals surface area contributed by atoms with Crippen LogP contribution >= 0.6 is 11.8 Å². The van der Waals surface area contributed by atoms with Crippen LogP contribution in [0.5, 0.6) is 0 Å². The molecule has 0 aliphatic heterocycles. The van der Waals surface area contributed by atoms with Crippen LogP contribution in [0.4, 0.5) is 0 Å². The number of nitrogens with zero attached hydrogens (tertiary/aromatic N) is 1. The van der Waals surface area contributed by atoms with Crippen LogP contribution in [0.3, 0.4) is 0 Å². The van der Waals surface area contributed by atoms with Crippen molar-refractivity contribution < 1.29 is 14.7 Å². The summed E-state index contributed by atoms with van der Waals surface area (Å²) in [7, 11) is 0. The number of nitrogens with one attached hydrogen (secondary N) is 1. The van der Waals surface area contributed by atoms with Crippen molar-refractivity contribution in [2.45, 2.75) is 19.4 Å². The third-order valence-electron chi connectivity index (χ3n) is 4.93. The molecule has 6 heteroatoms. The molecular weight excluding hydrogens is 420 g/mol. The number of pyridine rings is 1. The number of thioether (sulfide) groups is 1. The van der Waals surface area contributed by atoms with Gasteiger partial charge < -0.3 is 10.4 Å². The Balaban J connectivity index is 2.00. The molecule has 1 heterocycles. The van der Waals surface area contributed by atoms with Gasteiger partial charge in [0.2, 0.25) is 0 Å². The molecule has 5 nitrogen and oxygen atoms in total. The maximum Gasteiger partial charge on any atom is 0.326 e. The molecule has 1 aromatic heterocycles. The van der Waals surface area contributed by atoms with Gasteiger partial charge in [-0.3, -0.25) is 9.78 Å². The first kappa shape index (κ1) is 23.1. The molecule has 0 fully saturated rings. The minimum atomic E-state index is -1.04. The number of carboxylic acid groups (broad SMARTS) is 1. The molecule has 3 aromatic rings. The molecule has 162 valence electrons. The van der Waals surface area contributed by atoms with Crippen LogP contribution in [0.15, 0.2) is 67.0 Å². The summed E-state index contributed by atoms with van der Waals surface area (Å²) in [6.07, 6.45) is 5.65. The van der Waals surface area contributed by atoms with E-state index in [1.807, 2.05) is 55.6 Å². The third-order valence-corrected chi connectivity index (χ3v) is 5.57. The van der Waals surface area contributed by atoms with Crippen LogP contribution < -0.4 is 5.32 Å². The van der Waals surface area contributed by atoms with E-state index >= 15 is 0 Å². The summed E-state index contributed by atoms with van der Waals surface area (Å²) in [5, 5.41) is 12.2. The first-order chi connectivity index (χ1) is 15.5. The molecule has 1 amide bonds. The summed E-state index contributed by atoms with van der Waals surface area (Å²) < 4.78 is 0. The van der Waals surface area contributed by atoms with Crippen LogP contribution in [0, 0.1) is 18.8 Å². The van der Waals surface area contributed by atoms with Gasteiger partial charge in [0.25, 0.3) is 5.91 Å². The molecule has 0 unspecified atom stereocenters. The quantitative estimate of drug-likeness (QED) is 0.528. The van der Waals surface area contributed by atoms with Gasteiger partial charge >= 0.3 is 5.97 Å². The Hall–Kier alpha value is -3.56. The van der Waals surface area contributed by atoms with Crippen LogP contribution in [-0.4, -0.2) is 40.0 Å². The first-order valence-electron chi connectivity index (χ1n) is 10.1. The maximum atomic E-state index is 13.1. The van der Waals surface area contributed by atoms with Crippen molar-refractivity contribution in [1.29, 1.82) is 0 Å². The molecule has 0 aliphatic carbocycles. The van der Waals surface area contributed by atoms with Gasteiger partial charge in [-0.2, -0.15) is 11.8 Å². The Morgan fingerprint density at radius 3 is 2.53 bits per heavy atom. The van der Waals surface area contributed by atoms with Gasteiger partial charge in [0, 0.05) is 29.1 Å². The Labute approximate surface area is 192 Å². The van der Waals surface area contributed by atoms with Crippen LogP contribution in [0.1, 0.15) is 33.5 Å². The van der Waals surface area contributed by atoms with Gasteiger partial charge in [-0.05, 0) is 72.4 Å². The highest BCUT2D eigenvalue weighted by Crippen LogP contribution is 2.28. The van der Waals surface area contributed by atoms with Crippen LogP contribution in [-0.2, 0) is 4.79 Å². The van der Waals surface area contributed by atoms with Crippen LogP contribution in [0.25, 0.3) is 11.1 Å². The van der Waals surface area contributed by atoms with Crippen molar-refractivity contribution in [3.8, 4) is 23.0 Å². The second kappa shape index (κ2) is 11.2. The summed E-state index contributed by atoms with van der Waals surface area (Å²) >= 11 is 1.54. The summed E-state index contributed by atoms with van der Waals surface area (Å²) in [5.74, 6) is 5.40. The monoisotopic (exact) mass is 444 g/mol. The molecule has 2 N–H and O–H groups in total. The fraction of sp³-hybridized carbons (Fsp3) is 0.192. The highest BCUT2D eigenvalue weighted by Gasteiger charge is 2.22. The maximum absolute atomic E-state index is 13.1. The molecule has 0 saturated carbocycles. The molecule has 32 heavy (non-hydrogen) atoms. The number of rotatable bonds is 7. The molecule has 0 saturated heterocycles. The lowest BCUT2D eigenvalue weighted by Crippen LogP contribution is -2.41. The SMILES string of the molecule is CSCC[C@H](NC(=O)c1ccc(C#Cc2cccnc2)cc1-c1ccccc1C)C(=O)O. The third kappa shape index (κ3) is 5.99. The molecular formula is C26H24N2O3S. The number of amides is 1. The van der Waals surface area contributed by atoms with Crippen molar-refractivity contribution in [1.82, 2.24) is 10.3 Å². The topological polar surface area (TPSA) is 79.3 Å². The number of carboxylic acids is 1. The number of carbonyl (C=O) groups excluding carboxylic acids is 1. The Morgan fingerprint density at radius 2 is 1.84 bits per heavy atom. The van der Waals surface area contributed by atoms with Crippen molar-refractivity contribution in [2.24, 2.45) is 0 Å². The molecule has 0 spiro atoms. The lowest BCUT2D eigenvalue weighted by molar-refractivity contribution is -0.139. The molecule has 3 rings (SSSR count). The van der Waals surface area contributed by atoms with Gasteiger partial charge in [-0.25, -0.2) is 4.79 Å². The standard InChI is InChI=1S/C26H24N2O3S/c1-18-6-3-4-8-21(18)23-16-19(9-10-20-7-5-14-27-17-20)11-12-22(23)25(29)28-24(26(30)31)13-15-32-2/h3-8,11-12,14,16-17,24H,13,15H2,1-2H3,(H,28,29)(H,30,31)/t24-/m0/s1. The Bertz CT molecular complexity index is 1170. The van der Waals surface area contributed by atoms with E-state index in [0.29, 0.717) is 23.3 Å². The summed E-state index contributed by atoms with van der Waals surface area (Å²) in [6.45, 7) is 1.98. The van der Waals surface area contributed by atoms with E-state index < -0.39 is 17.9 Å². The Morgan fingerprint density at radius 1 is 1.06 bits per heavy atom. The van der Waals surface area contributed by atoms with E-state index in [9.17, 15) is 14.7 Å². The van der Waals surface area contributed by atoms with Gasteiger partial charge in [0.15, 0.2) is 0 Å². The fourth-order valence-electron chi connectivity index (χ4n) is 3.23. The number of carbonyl (C=O) groups is 2. The second-order valence-electron chi connectivity index (χ2n) is 7.21. The molecule has 0 radical (unpaired) electrons. The predicted molar refractivity (Wildman–Crippen MR) is 129 cm³/mol. The normalized spacial score (nSPS) is 11.2. The average Bonchev–Trinajstić information content (AvgIpc) is 2.81. The van der Waals surface area contributed by atoms with E-state index in [1.54, 1.807) is 36.3 Å². The molecule has 2 aromatic carbocycles. The largest absolute Gasteiger partial charge is 0.480 e. The highest BCUT2D eigenvalue weighted by molar-refractivity contribution is 7.98. The van der Waals surface area contributed by atoms with Gasteiger partial charge in [-0.15, -0.1) is 0 Å². The number of benzene rings is 2. The highest BCUT2D eigenvalue weighted by atomic mass is 32.2. The van der Waals surface area contributed by atoms with E-state index in [2.05, 4.69) is 22.1 Å². The number of aliphatic carboxylic acids is 1. The van der Waals surface area contributed by atoms with Crippen molar-refractivity contribution in [3.05, 3.63) is 89.2 Å². The number of aryl methyl sites for hydroxylation is 1. The van der Waals surface area contributed by atoms with Gasteiger partial charge in [0.05, 0.1) is 0 Å². The smallest absolute Gasteiger partial charge is 0.326 e. The zero-order valence-corrected chi connectivity index (χ0v) is 18.8. The van der Waals surface area contributed by atoms with E-state index in [4.69, 9.17) is 0 Å². The van der Waals surface area contributed by atoms with Crippen molar-refractivity contribution in [3.63, 3.8) is 0 Å². The predicted octanol–water partition coefficient (Wildman–Crippen LogP) is 4.39. The van der Waals surface area contributed by atoms with Gasteiger partial charge in [0.1, 0.15) is 6.04 Å². The van der Waals surface area contributed by atoms with Crippen molar-refractivity contribution in [2.75, 3.05) is 12.0 Å². The lowest BCUT2D eigenvalue weighted by atomic mass is 9.93. The number of aromatic nitrogens is 1. The van der Waals surface area contributed by atoms with Crippen molar-refractivity contribution >= 4 is 23.6 Å². The summed E-state index contributed by atoms with van der Waals surface area (Å²) in [4.78, 5) is 28.8.